The standard InChI is InChI=1S/C12H12N4O3S/c1-2-19-10-5-8(3-4-9(10)17)6-14-16-11(18)7-13-15-12(16)20/h3-7,17H,2H2,1H3,(H,15,20)/b14-6-. The minimum Gasteiger partial charge on any atom is -0.504 e. The van der Waals surface area contributed by atoms with E-state index in [9.17, 15) is 9.90 Å². The molecular weight excluding hydrogens is 280 g/mol. The van der Waals surface area contributed by atoms with Crippen LogP contribution in [-0.2, 0) is 0 Å². The maximum atomic E-state index is 11.5. The number of rotatable bonds is 4. The van der Waals surface area contributed by atoms with Crippen LogP contribution in [0.15, 0.2) is 34.3 Å². The molecule has 7 nitrogen and oxygen atoms in total. The summed E-state index contributed by atoms with van der Waals surface area (Å²) in [7, 11) is 0. The molecule has 8 heteroatoms. The maximum Gasteiger partial charge on any atom is 0.293 e. The zero-order chi connectivity index (χ0) is 14.5. The van der Waals surface area contributed by atoms with E-state index in [4.69, 9.17) is 17.0 Å². The van der Waals surface area contributed by atoms with E-state index in [-0.39, 0.29) is 10.5 Å². The Morgan fingerprint density at radius 3 is 3.10 bits per heavy atom. The minimum absolute atomic E-state index is 0.0439. The van der Waals surface area contributed by atoms with Gasteiger partial charge in [0, 0.05) is 0 Å². The van der Waals surface area contributed by atoms with Gasteiger partial charge in [-0.05, 0) is 42.9 Å². The van der Waals surface area contributed by atoms with Crippen molar-refractivity contribution in [2.45, 2.75) is 6.92 Å². The largest absolute Gasteiger partial charge is 0.504 e. The second kappa shape index (κ2) is 6.11. The Bertz CT molecular complexity index is 723. The van der Waals surface area contributed by atoms with Crippen molar-refractivity contribution in [2.75, 3.05) is 6.61 Å². The van der Waals surface area contributed by atoms with E-state index in [0.717, 1.165) is 10.9 Å². The molecule has 0 aliphatic carbocycles. The Morgan fingerprint density at radius 2 is 2.40 bits per heavy atom. The van der Waals surface area contributed by atoms with Crippen LogP contribution in [0.3, 0.4) is 0 Å². The summed E-state index contributed by atoms with van der Waals surface area (Å²) in [6, 6.07) is 4.74. The number of aromatic hydroxyl groups is 1. The molecule has 1 aromatic heterocycles. The zero-order valence-electron chi connectivity index (χ0n) is 10.6. The third-order valence-corrected chi connectivity index (χ3v) is 2.61. The van der Waals surface area contributed by atoms with Gasteiger partial charge in [-0.1, -0.05) is 0 Å². The average Bonchev–Trinajstić information content (AvgIpc) is 2.42. The molecule has 2 rings (SSSR count). The van der Waals surface area contributed by atoms with Crippen LogP contribution >= 0.6 is 12.2 Å². The predicted octanol–water partition coefficient (Wildman–Crippen LogP) is 1.29. The molecule has 0 spiro atoms. The first-order valence-corrected chi connectivity index (χ1v) is 6.19. The Balaban J connectivity index is 2.35. The van der Waals surface area contributed by atoms with Gasteiger partial charge in [-0.15, -0.1) is 0 Å². The van der Waals surface area contributed by atoms with Gasteiger partial charge in [0.1, 0.15) is 6.20 Å². The number of aromatic amines is 1. The molecule has 0 aliphatic rings. The molecule has 2 N–H and O–H groups in total. The average molecular weight is 292 g/mol. The van der Waals surface area contributed by atoms with E-state index in [0.29, 0.717) is 17.9 Å². The van der Waals surface area contributed by atoms with Gasteiger partial charge in [-0.2, -0.15) is 14.9 Å². The fraction of sp³-hybridized carbons (Fsp3) is 0.167. The number of nitrogens with one attached hydrogen (secondary N) is 1. The topological polar surface area (TPSA) is 92.5 Å². The van der Waals surface area contributed by atoms with Crippen molar-refractivity contribution < 1.29 is 9.84 Å². The number of hydrogen-bond acceptors (Lipinski definition) is 6. The van der Waals surface area contributed by atoms with Gasteiger partial charge < -0.3 is 9.84 Å². The number of phenolic OH excluding ortho intramolecular Hbond substituents is 1. The molecule has 2 aromatic rings. The molecule has 0 atom stereocenters. The summed E-state index contributed by atoms with van der Waals surface area (Å²) < 4.78 is 6.36. The van der Waals surface area contributed by atoms with Crippen molar-refractivity contribution in [3.63, 3.8) is 0 Å². The fourth-order valence-electron chi connectivity index (χ4n) is 1.46. The number of hydrogen-bond donors (Lipinski definition) is 2. The summed E-state index contributed by atoms with van der Waals surface area (Å²) in [4.78, 5) is 11.5. The van der Waals surface area contributed by atoms with Crippen LogP contribution in [0, 0.1) is 4.77 Å². The van der Waals surface area contributed by atoms with Gasteiger partial charge in [0.05, 0.1) is 12.8 Å². The molecule has 0 unspecified atom stereocenters. The molecule has 0 saturated heterocycles. The van der Waals surface area contributed by atoms with Crippen molar-refractivity contribution in [1.29, 1.82) is 0 Å². The van der Waals surface area contributed by atoms with Crippen LogP contribution < -0.4 is 10.3 Å². The third kappa shape index (κ3) is 3.09. The Labute approximate surface area is 119 Å². The maximum absolute atomic E-state index is 11.5. The van der Waals surface area contributed by atoms with Crippen molar-refractivity contribution in [3.8, 4) is 11.5 Å². The van der Waals surface area contributed by atoms with Crippen molar-refractivity contribution in [2.24, 2.45) is 5.10 Å². The smallest absolute Gasteiger partial charge is 0.293 e. The number of ether oxygens (including phenoxy) is 1. The van der Waals surface area contributed by atoms with E-state index in [1.807, 2.05) is 6.92 Å². The monoisotopic (exact) mass is 292 g/mol. The molecule has 0 saturated carbocycles. The van der Waals surface area contributed by atoms with E-state index in [2.05, 4.69) is 15.3 Å². The van der Waals surface area contributed by atoms with Gasteiger partial charge >= 0.3 is 0 Å². The lowest BCUT2D eigenvalue weighted by Gasteiger charge is -2.05. The Hall–Kier alpha value is -2.48. The number of nitrogens with zero attached hydrogens (tertiary/aromatic N) is 3. The lowest BCUT2D eigenvalue weighted by molar-refractivity contribution is 0.318. The highest BCUT2D eigenvalue weighted by Crippen LogP contribution is 2.26. The number of H-pyrrole nitrogens is 1. The number of phenols is 1. The molecule has 104 valence electrons. The van der Waals surface area contributed by atoms with Crippen LogP contribution in [-0.4, -0.2) is 32.8 Å². The highest BCUT2D eigenvalue weighted by atomic mass is 32.1. The van der Waals surface area contributed by atoms with Gasteiger partial charge in [0.25, 0.3) is 5.56 Å². The highest BCUT2D eigenvalue weighted by molar-refractivity contribution is 7.71. The van der Waals surface area contributed by atoms with Crippen LogP contribution in [0.5, 0.6) is 11.5 Å². The van der Waals surface area contributed by atoms with Gasteiger partial charge in [-0.25, -0.2) is 0 Å². The first-order valence-electron chi connectivity index (χ1n) is 5.78. The molecular formula is C12H12N4O3S. The van der Waals surface area contributed by atoms with Crippen molar-refractivity contribution in [1.82, 2.24) is 14.9 Å². The second-order valence-corrected chi connectivity index (χ2v) is 4.12. The summed E-state index contributed by atoms with van der Waals surface area (Å²) in [5, 5.41) is 19.6. The lowest BCUT2D eigenvalue weighted by atomic mass is 10.2. The number of aromatic nitrogens is 3. The van der Waals surface area contributed by atoms with Gasteiger partial charge in [-0.3, -0.25) is 9.89 Å². The first-order chi connectivity index (χ1) is 9.61. The van der Waals surface area contributed by atoms with Gasteiger partial charge in [0.15, 0.2) is 11.5 Å². The molecule has 0 amide bonds. The van der Waals surface area contributed by atoms with E-state index in [1.54, 1.807) is 12.1 Å². The van der Waals surface area contributed by atoms with Crippen LogP contribution in [0.4, 0.5) is 0 Å². The molecule has 0 fully saturated rings. The molecule has 0 radical (unpaired) electrons. The summed E-state index contributed by atoms with van der Waals surface area (Å²) in [5.41, 5.74) is 0.221. The summed E-state index contributed by atoms with van der Waals surface area (Å²) >= 11 is 4.91. The number of benzene rings is 1. The SMILES string of the molecule is CCOc1cc(/C=N\n2c(=O)cn[nH]c2=S)ccc1O. The van der Waals surface area contributed by atoms with Crippen LogP contribution in [0.2, 0.25) is 0 Å². The summed E-state index contributed by atoms with van der Waals surface area (Å²) in [6.07, 6.45) is 2.52. The lowest BCUT2D eigenvalue weighted by Crippen LogP contribution is -2.18. The van der Waals surface area contributed by atoms with E-state index >= 15 is 0 Å². The molecule has 1 aromatic carbocycles. The molecule has 0 bridgehead atoms. The molecule has 0 aliphatic heterocycles. The zero-order valence-corrected chi connectivity index (χ0v) is 11.4. The van der Waals surface area contributed by atoms with Gasteiger partial charge in [0.2, 0.25) is 4.77 Å². The molecule has 1 heterocycles. The first kappa shape index (κ1) is 13.9. The highest BCUT2D eigenvalue weighted by Gasteiger charge is 2.02. The van der Waals surface area contributed by atoms with Crippen molar-refractivity contribution in [3.05, 3.63) is 45.1 Å². The van der Waals surface area contributed by atoms with Crippen LogP contribution in [0.25, 0.3) is 0 Å². The minimum atomic E-state index is -0.436. The fourth-order valence-corrected chi connectivity index (χ4v) is 1.65. The molecule has 20 heavy (non-hydrogen) atoms. The summed E-state index contributed by atoms with van der Waals surface area (Å²) in [5.74, 6) is 0.394. The Kier molecular flexibility index (Phi) is 4.26. The van der Waals surface area contributed by atoms with Crippen LogP contribution in [0.1, 0.15) is 12.5 Å². The Morgan fingerprint density at radius 1 is 1.60 bits per heavy atom. The van der Waals surface area contributed by atoms with E-state index < -0.39 is 5.56 Å². The second-order valence-electron chi connectivity index (χ2n) is 3.73. The quantitative estimate of drug-likeness (QED) is 0.654. The van der Waals surface area contributed by atoms with Crippen molar-refractivity contribution >= 4 is 18.4 Å². The van der Waals surface area contributed by atoms with E-state index in [1.165, 1.54) is 12.3 Å². The summed E-state index contributed by atoms with van der Waals surface area (Å²) in [6.45, 7) is 2.25. The predicted molar refractivity (Wildman–Crippen MR) is 75.9 cm³/mol. The third-order valence-electron chi connectivity index (χ3n) is 2.34. The normalized spacial score (nSPS) is 10.8.